The number of carbonyl (C=O) groups excluding carboxylic acids is 2. The number of anilines is 1. The Morgan fingerprint density at radius 1 is 0.892 bits per heavy atom. The van der Waals surface area contributed by atoms with Crippen LogP contribution in [-0.4, -0.2) is 36.0 Å². The summed E-state index contributed by atoms with van der Waals surface area (Å²) in [5.74, 6) is -0.264. The first-order valence-electron chi connectivity index (χ1n) is 12.2. The van der Waals surface area contributed by atoms with E-state index in [4.69, 9.17) is 11.6 Å². The second-order valence-electron chi connectivity index (χ2n) is 9.13. The maximum absolute atomic E-state index is 13.6. The first kappa shape index (κ1) is 24.9. The zero-order valence-corrected chi connectivity index (χ0v) is 21.0. The summed E-state index contributed by atoms with van der Waals surface area (Å²) < 4.78 is 0. The predicted molar refractivity (Wildman–Crippen MR) is 147 cm³/mol. The van der Waals surface area contributed by atoms with Crippen LogP contribution in [0.15, 0.2) is 97.1 Å². The Morgan fingerprint density at radius 2 is 1.62 bits per heavy atom. The second kappa shape index (κ2) is 11.1. The minimum Gasteiger partial charge on any atom is -0.395 e. The van der Waals surface area contributed by atoms with Crippen LogP contribution in [0.2, 0.25) is 5.02 Å². The van der Waals surface area contributed by atoms with Crippen molar-refractivity contribution in [3.63, 3.8) is 0 Å². The number of ketones is 1. The van der Waals surface area contributed by atoms with Gasteiger partial charge in [0.2, 0.25) is 0 Å². The number of nitrogens with zero attached hydrogens (tertiary/aromatic N) is 1. The molecule has 1 aliphatic heterocycles. The van der Waals surface area contributed by atoms with Crippen molar-refractivity contribution in [2.24, 2.45) is 0 Å². The van der Waals surface area contributed by atoms with Gasteiger partial charge in [0.05, 0.1) is 17.2 Å². The summed E-state index contributed by atoms with van der Waals surface area (Å²) in [6, 6.07) is 30.0. The van der Waals surface area contributed by atoms with Crippen molar-refractivity contribution in [3.05, 3.63) is 124 Å². The molecule has 4 aromatic carbocycles. The molecule has 0 fully saturated rings. The summed E-state index contributed by atoms with van der Waals surface area (Å²) in [4.78, 5) is 28.6. The molecule has 1 atom stereocenters. The zero-order valence-electron chi connectivity index (χ0n) is 20.2. The summed E-state index contributed by atoms with van der Waals surface area (Å²) in [7, 11) is 0. The zero-order chi connectivity index (χ0) is 25.8. The normalized spacial score (nSPS) is 15.1. The second-order valence-corrected chi connectivity index (χ2v) is 9.54. The lowest BCUT2D eigenvalue weighted by Crippen LogP contribution is -2.43. The molecular formula is C31H27ClN2O3. The fourth-order valence-corrected chi connectivity index (χ4v) is 5.02. The topological polar surface area (TPSA) is 69.6 Å². The fraction of sp³-hybridized carbons (Fsp3) is 0.161. The first-order valence-corrected chi connectivity index (χ1v) is 12.6. The molecule has 37 heavy (non-hydrogen) atoms. The number of Topliss-reactive ketones (excluding diaryl/α,β-unsaturated/α-hetero) is 1. The molecule has 0 unspecified atom stereocenters. The fourth-order valence-electron chi connectivity index (χ4n) is 4.74. The molecule has 0 spiro atoms. The van der Waals surface area contributed by atoms with Crippen molar-refractivity contribution < 1.29 is 14.7 Å². The minimum atomic E-state index is -0.253. The molecule has 5 nitrogen and oxygen atoms in total. The number of para-hydroxylation sites is 1. The molecule has 5 rings (SSSR count). The summed E-state index contributed by atoms with van der Waals surface area (Å²) in [6.45, 7) is 0.792. The minimum absolute atomic E-state index is 0.0205. The van der Waals surface area contributed by atoms with Gasteiger partial charge in [-0.3, -0.25) is 9.59 Å². The lowest BCUT2D eigenvalue weighted by Gasteiger charge is -2.25. The van der Waals surface area contributed by atoms with Crippen LogP contribution < -0.4 is 10.2 Å². The number of halogens is 1. The number of fused-ring (bicyclic) bond motifs is 1. The molecule has 1 heterocycles. The predicted octanol–water partition coefficient (Wildman–Crippen LogP) is 5.54. The van der Waals surface area contributed by atoms with E-state index < -0.39 is 0 Å². The highest BCUT2D eigenvalue weighted by Crippen LogP contribution is 2.29. The smallest absolute Gasteiger partial charge is 0.259 e. The summed E-state index contributed by atoms with van der Waals surface area (Å²) in [5.41, 5.74) is 5.38. The van der Waals surface area contributed by atoms with Crippen LogP contribution in [0.1, 0.15) is 31.8 Å². The van der Waals surface area contributed by atoms with E-state index in [0.29, 0.717) is 29.2 Å². The van der Waals surface area contributed by atoms with Gasteiger partial charge in [0.1, 0.15) is 0 Å². The van der Waals surface area contributed by atoms with E-state index in [2.05, 4.69) is 5.32 Å². The largest absolute Gasteiger partial charge is 0.395 e. The molecule has 0 bridgehead atoms. The van der Waals surface area contributed by atoms with E-state index in [-0.39, 0.29) is 30.8 Å². The van der Waals surface area contributed by atoms with Crippen molar-refractivity contribution in [2.45, 2.75) is 19.0 Å². The Kier molecular flexibility index (Phi) is 7.47. The van der Waals surface area contributed by atoms with Gasteiger partial charge in [-0.25, -0.2) is 0 Å². The summed E-state index contributed by atoms with van der Waals surface area (Å²) >= 11 is 6.61. The van der Waals surface area contributed by atoms with Crippen molar-refractivity contribution in [3.8, 4) is 11.1 Å². The van der Waals surface area contributed by atoms with Gasteiger partial charge in [-0.1, -0.05) is 90.5 Å². The van der Waals surface area contributed by atoms with Gasteiger partial charge in [-0.15, -0.1) is 0 Å². The van der Waals surface area contributed by atoms with Gasteiger partial charge in [0, 0.05) is 36.8 Å². The molecule has 186 valence electrons. The van der Waals surface area contributed by atoms with E-state index in [1.54, 1.807) is 23.1 Å². The molecule has 0 aromatic heterocycles. The Morgan fingerprint density at radius 3 is 2.41 bits per heavy atom. The number of aliphatic hydroxyl groups is 1. The van der Waals surface area contributed by atoms with Crippen LogP contribution >= 0.6 is 11.6 Å². The summed E-state index contributed by atoms with van der Waals surface area (Å²) in [6.07, 6.45) is 0.168. The maximum Gasteiger partial charge on any atom is 0.259 e. The van der Waals surface area contributed by atoms with Gasteiger partial charge in [-0.05, 0) is 40.5 Å². The Balaban J connectivity index is 1.39. The summed E-state index contributed by atoms with van der Waals surface area (Å²) in [5, 5.41) is 13.3. The number of hydrogen-bond donors (Lipinski definition) is 2. The molecule has 0 saturated carbocycles. The van der Waals surface area contributed by atoms with E-state index in [0.717, 1.165) is 27.9 Å². The van der Waals surface area contributed by atoms with Gasteiger partial charge in [0.15, 0.2) is 5.78 Å². The van der Waals surface area contributed by atoms with Crippen molar-refractivity contribution in [1.29, 1.82) is 0 Å². The van der Waals surface area contributed by atoms with E-state index >= 15 is 0 Å². The monoisotopic (exact) mass is 510 g/mol. The highest BCUT2D eigenvalue weighted by Gasteiger charge is 2.27. The molecule has 0 radical (unpaired) electrons. The van der Waals surface area contributed by atoms with Crippen LogP contribution in [0, 0.1) is 0 Å². The first-order chi connectivity index (χ1) is 18.0. The number of carbonyl (C=O) groups is 2. The van der Waals surface area contributed by atoms with Gasteiger partial charge < -0.3 is 15.3 Å². The highest BCUT2D eigenvalue weighted by atomic mass is 35.5. The van der Waals surface area contributed by atoms with Gasteiger partial charge >= 0.3 is 0 Å². The quantitative estimate of drug-likeness (QED) is 0.334. The average molecular weight is 511 g/mol. The molecule has 1 aliphatic rings. The number of rotatable bonds is 6. The van der Waals surface area contributed by atoms with Crippen molar-refractivity contribution >= 4 is 29.0 Å². The van der Waals surface area contributed by atoms with Gasteiger partial charge in [0.25, 0.3) is 5.91 Å². The molecule has 6 heteroatoms. The molecular weight excluding hydrogens is 484 g/mol. The van der Waals surface area contributed by atoms with Crippen LogP contribution in [0.3, 0.4) is 0 Å². The number of amides is 1. The number of nitrogens with one attached hydrogen (secondary N) is 1. The molecule has 4 aromatic rings. The maximum atomic E-state index is 13.6. The average Bonchev–Trinajstić information content (AvgIpc) is 3.13. The van der Waals surface area contributed by atoms with Crippen LogP contribution in [0.4, 0.5) is 5.69 Å². The molecule has 1 amide bonds. The van der Waals surface area contributed by atoms with Crippen LogP contribution in [0.25, 0.3) is 11.1 Å². The standard InChI is InChI=1S/C31H27ClN2O3/c32-28-16-21(17-30(36)26-12-6-5-11-25(26)22-8-2-1-3-9-22)14-15-27(28)31(37)34-19-24(20-35)33-18-23-10-4-7-13-29(23)34/h1-16,24,33,35H,17-20H2/t24-/m0/s1. The molecule has 2 N–H and O–H groups in total. The van der Waals surface area contributed by atoms with Crippen molar-refractivity contribution in [2.75, 3.05) is 18.1 Å². The number of hydrogen-bond acceptors (Lipinski definition) is 4. The van der Waals surface area contributed by atoms with Gasteiger partial charge in [-0.2, -0.15) is 0 Å². The third kappa shape index (κ3) is 5.35. The Hall–Kier alpha value is -3.77. The van der Waals surface area contributed by atoms with Crippen LogP contribution in [-0.2, 0) is 13.0 Å². The number of aliphatic hydroxyl groups excluding tert-OH is 1. The molecule has 0 saturated heterocycles. The van der Waals surface area contributed by atoms with Crippen molar-refractivity contribution in [1.82, 2.24) is 5.32 Å². The highest BCUT2D eigenvalue weighted by molar-refractivity contribution is 6.34. The third-order valence-electron chi connectivity index (χ3n) is 6.67. The third-order valence-corrected chi connectivity index (χ3v) is 6.99. The van der Waals surface area contributed by atoms with E-state index in [1.165, 1.54) is 0 Å². The lowest BCUT2D eigenvalue weighted by atomic mass is 9.94. The van der Waals surface area contributed by atoms with Crippen LogP contribution in [0.5, 0.6) is 0 Å². The van der Waals surface area contributed by atoms with E-state index in [9.17, 15) is 14.7 Å². The Bertz CT molecular complexity index is 1440. The Labute approximate surface area is 221 Å². The number of benzene rings is 4. The van der Waals surface area contributed by atoms with E-state index in [1.807, 2.05) is 78.9 Å². The molecule has 0 aliphatic carbocycles. The SMILES string of the molecule is O=C(Cc1ccc(C(=O)N2C[C@@H](CO)NCc3ccccc32)c(Cl)c1)c1ccccc1-c1ccccc1. The lowest BCUT2D eigenvalue weighted by molar-refractivity contribution is 0.0979.